The Kier molecular flexibility index (Phi) is 6.69. The van der Waals surface area contributed by atoms with E-state index in [9.17, 15) is 13.2 Å². The molecule has 0 aliphatic carbocycles. The first-order chi connectivity index (χ1) is 15.3. The van der Waals surface area contributed by atoms with Crippen molar-refractivity contribution in [1.29, 1.82) is 0 Å². The molecule has 2 aromatic rings. The molecule has 2 fully saturated rings. The van der Waals surface area contributed by atoms with Crippen LogP contribution in [0, 0.1) is 19.8 Å². The van der Waals surface area contributed by atoms with Crippen molar-refractivity contribution >= 4 is 15.9 Å². The molecule has 2 aliphatic heterocycles. The Labute approximate surface area is 190 Å². The van der Waals surface area contributed by atoms with E-state index >= 15 is 0 Å². The smallest absolute Gasteiger partial charge is 0.248 e. The molecule has 1 amide bonds. The van der Waals surface area contributed by atoms with Gasteiger partial charge in [-0.1, -0.05) is 35.5 Å². The number of benzene rings is 1. The van der Waals surface area contributed by atoms with E-state index in [1.807, 2.05) is 18.2 Å². The average molecular weight is 461 g/mol. The summed E-state index contributed by atoms with van der Waals surface area (Å²) in [5.74, 6) is -0.116. The molecule has 3 atom stereocenters. The van der Waals surface area contributed by atoms with Crippen LogP contribution in [0.25, 0.3) is 0 Å². The lowest BCUT2D eigenvalue weighted by atomic mass is 9.98. The minimum atomic E-state index is -3.74. The van der Waals surface area contributed by atoms with Crippen LogP contribution in [0.2, 0.25) is 0 Å². The van der Waals surface area contributed by atoms with E-state index in [-0.39, 0.29) is 35.1 Å². The summed E-state index contributed by atoms with van der Waals surface area (Å²) in [5.41, 5.74) is 1.62. The molecule has 0 spiro atoms. The third kappa shape index (κ3) is 4.60. The average Bonchev–Trinajstić information content (AvgIpc) is 3.40. The van der Waals surface area contributed by atoms with Gasteiger partial charge in [-0.2, -0.15) is 4.31 Å². The molecule has 0 bridgehead atoms. The maximum Gasteiger partial charge on any atom is 0.248 e. The molecule has 32 heavy (non-hydrogen) atoms. The van der Waals surface area contributed by atoms with Gasteiger partial charge >= 0.3 is 0 Å². The van der Waals surface area contributed by atoms with Gasteiger partial charge in [0.1, 0.15) is 10.6 Å². The lowest BCUT2D eigenvalue weighted by molar-refractivity contribution is -0.126. The van der Waals surface area contributed by atoms with E-state index in [4.69, 9.17) is 4.52 Å². The third-order valence-electron chi connectivity index (χ3n) is 6.72. The normalized spacial score (nSPS) is 23.8. The Bertz CT molecular complexity index is 1030. The number of nitrogens with one attached hydrogen (secondary N) is 1. The van der Waals surface area contributed by atoms with Crippen molar-refractivity contribution < 1.29 is 17.7 Å². The van der Waals surface area contributed by atoms with Gasteiger partial charge in [0.2, 0.25) is 15.9 Å². The van der Waals surface area contributed by atoms with Crippen molar-refractivity contribution in [2.24, 2.45) is 5.92 Å². The maximum atomic E-state index is 13.1. The fourth-order valence-corrected chi connectivity index (χ4v) is 6.68. The Hall–Kier alpha value is -2.23. The number of aryl methyl sites for hydroxylation is 2. The van der Waals surface area contributed by atoms with Crippen molar-refractivity contribution in [3.05, 3.63) is 47.3 Å². The molecule has 1 aromatic heterocycles. The molecule has 9 heteroatoms. The fraction of sp³-hybridized carbons (Fsp3) is 0.565. The SMILES string of the molecule is Cc1noc(C)c1S(=O)(=O)N1CCC[C@H](C(=O)N[C@@H]2CCN([C@H](C)c3ccccc3)C2)C1. The summed E-state index contributed by atoms with van der Waals surface area (Å²) in [6.07, 6.45) is 2.25. The predicted molar refractivity (Wildman–Crippen MR) is 120 cm³/mol. The molecular formula is C23H32N4O4S. The minimum Gasteiger partial charge on any atom is -0.360 e. The zero-order valence-electron chi connectivity index (χ0n) is 19.0. The van der Waals surface area contributed by atoms with Crippen LogP contribution in [0.3, 0.4) is 0 Å². The molecule has 2 aliphatic rings. The zero-order chi connectivity index (χ0) is 22.9. The van der Waals surface area contributed by atoms with Crippen molar-refractivity contribution in [2.75, 3.05) is 26.2 Å². The highest BCUT2D eigenvalue weighted by atomic mass is 32.2. The molecule has 0 saturated carbocycles. The lowest BCUT2D eigenvalue weighted by Gasteiger charge is -2.31. The van der Waals surface area contributed by atoms with Gasteiger partial charge < -0.3 is 9.84 Å². The standard InChI is InChI=1S/C23H32N4O4S/c1-16-22(18(3)31-25-16)32(29,30)27-12-7-10-20(14-27)23(28)24-21-11-13-26(15-21)17(2)19-8-5-4-6-9-19/h4-6,8-9,17,20-21H,7,10-15H2,1-3H3,(H,24,28)/t17-,20+,21-/m1/s1. The first kappa shape index (κ1) is 22.9. The van der Waals surface area contributed by atoms with Crippen molar-refractivity contribution in [3.8, 4) is 0 Å². The van der Waals surface area contributed by atoms with E-state index < -0.39 is 10.0 Å². The van der Waals surface area contributed by atoms with Crippen molar-refractivity contribution in [3.63, 3.8) is 0 Å². The van der Waals surface area contributed by atoms with Crippen LogP contribution in [0.5, 0.6) is 0 Å². The van der Waals surface area contributed by atoms with E-state index in [1.165, 1.54) is 9.87 Å². The second-order valence-electron chi connectivity index (χ2n) is 8.93. The number of carbonyl (C=O) groups excluding carboxylic acids is 1. The highest BCUT2D eigenvalue weighted by Gasteiger charge is 2.37. The number of aromatic nitrogens is 1. The van der Waals surface area contributed by atoms with E-state index in [1.54, 1.807) is 13.8 Å². The number of rotatable bonds is 6. The number of hydrogen-bond acceptors (Lipinski definition) is 6. The third-order valence-corrected chi connectivity index (χ3v) is 8.83. The number of amides is 1. The van der Waals surface area contributed by atoms with Gasteiger partial charge in [0.15, 0.2) is 5.76 Å². The van der Waals surface area contributed by atoms with Crippen LogP contribution in [0.1, 0.15) is 49.2 Å². The highest BCUT2D eigenvalue weighted by Crippen LogP contribution is 2.29. The van der Waals surface area contributed by atoms with Crippen LogP contribution in [-0.4, -0.2) is 60.9 Å². The summed E-state index contributed by atoms with van der Waals surface area (Å²) in [7, 11) is -3.74. The molecule has 8 nitrogen and oxygen atoms in total. The number of carbonyl (C=O) groups is 1. The van der Waals surface area contributed by atoms with Gasteiger partial charge in [0, 0.05) is 38.3 Å². The predicted octanol–water partition coefficient (Wildman–Crippen LogP) is 2.64. The van der Waals surface area contributed by atoms with Gasteiger partial charge in [-0.05, 0) is 45.6 Å². The van der Waals surface area contributed by atoms with Gasteiger partial charge in [-0.15, -0.1) is 0 Å². The molecule has 3 heterocycles. The van der Waals surface area contributed by atoms with E-state index in [2.05, 4.69) is 34.4 Å². The summed E-state index contributed by atoms with van der Waals surface area (Å²) in [6, 6.07) is 10.8. The summed E-state index contributed by atoms with van der Waals surface area (Å²) in [5, 5.41) is 6.96. The number of hydrogen-bond donors (Lipinski definition) is 1. The molecule has 0 radical (unpaired) electrons. The molecule has 2 saturated heterocycles. The highest BCUT2D eigenvalue weighted by molar-refractivity contribution is 7.89. The van der Waals surface area contributed by atoms with Crippen LogP contribution in [-0.2, 0) is 14.8 Å². The summed E-state index contributed by atoms with van der Waals surface area (Å²) in [6.45, 7) is 7.74. The lowest BCUT2D eigenvalue weighted by Crippen LogP contribution is -2.48. The fourth-order valence-electron chi connectivity index (χ4n) is 4.87. The molecule has 4 rings (SSSR count). The summed E-state index contributed by atoms with van der Waals surface area (Å²) in [4.78, 5) is 15.5. The Morgan fingerprint density at radius 2 is 1.91 bits per heavy atom. The van der Waals surface area contributed by atoms with Crippen molar-refractivity contribution in [1.82, 2.24) is 19.7 Å². The Balaban J connectivity index is 1.36. The Morgan fingerprint density at radius 1 is 1.16 bits per heavy atom. The molecule has 0 unspecified atom stereocenters. The van der Waals surface area contributed by atoms with Crippen LogP contribution in [0.15, 0.2) is 39.8 Å². The quantitative estimate of drug-likeness (QED) is 0.712. The topological polar surface area (TPSA) is 95.8 Å². The van der Waals surface area contributed by atoms with Crippen LogP contribution < -0.4 is 5.32 Å². The van der Waals surface area contributed by atoms with Crippen LogP contribution in [0.4, 0.5) is 0 Å². The van der Waals surface area contributed by atoms with Gasteiger partial charge in [0.25, 0.3) is 0 Å². The minimum absolute atomic E-state index is 0.0529. The number of piperidine rings is 1. The largest absolute Gasteiger partial charge is 0.360 e. The van der Waals surface area contributed by atoms with E-state index in [0.29, 0.717) is 31.1 Å². The van der Waals surface area contributed by atoms with Crippen molar-refractivity contribution in [2.45, 2.75) is 57.0 Å². The number of nitrogens with zero attached hydrogens (tertiary/aromatic N) is 3. The summed E-state index contributed by atoms with van der Waals surface area (Å²) < 4.78 is 32.8. The molecule has 174 valence electrons. The molecular weight excluding hydrogens is 428 g/mol. The van der Waals surface area contributed by atoms with Crippen LogP contribution >= 0.6 is 0 Å². The second kappa shape index (κ2) is 9.33. The monoisotopic (exact) mass is 460 g/mol. The summed E-state index contributed by atoms with van der Waals surface area (Å²) >= 11 is 0. The van der Waals surface area contributed by atoms with Gasteiger partial charge in [-0.25, -0.2) is 8.42 Å². The van der Waals surface area contributed by atoms with Gasteiger partial charge in [0.05, 0.1) is 5.92 Å². The first-order valence-corrected chi connectivity index (χ1v) is 12.7. The number of sulfonamides is 1. The zero-order valence-corrected chi connectivity index (χ0v) is 19.8. The van der Waals surface area contributed by atoms with E-state index in [0.717, 1.165) is 19.5 Å². The number of likely N-dealkylation sites (tertiary alicyclic amines) is 1. The molecule has 1 aromatic carbocycles. The Morgan fingerprint density at radius 3 is 2.59 bits per heavy atom. The maximum absolute atomic E-state index is 13.1. The van der Waals surface area contributed by atoms with Gasteiger partial charge in [-0.3, -0.25) is 9.69 Å². The molecule has 1 N–H and O–H groups in total. The first-order valence-electron chi connectivity index (χ1n) is 11.3. The second-order valence-corrected chi connectivity index (χ2v) is 10.8.